The van der Waals surface area contributed by atoms with E-state index in [1.54, 1.807) is 17.6 Å². The topological polar surface area (TPSA) is 84.2 Å². The van der Waals surface area contributed by atoms with Gasteiger partial charge in [0.1, 0.15) is 10.8 Å². The van der Waals surface area contributed by atoms with Crippen molar-refractivity contribution in [3.63, 3.8) is 0 Å². The summed E-state index contributed by atoms with van der Waals surface area (Å²) >= 11 is 1.40. The number of nitrogens with zero attached hydrogens (tertiary/aromatic N) is 1. The fourth-order valence-corrected chi connectivity index (χ4v) is 3.13. The van der Waals surface area contributed by atoms with Crippen molar-refractivity contribution in [3.8, 4) is 0 Å². The summed E-state index contributed by atoms with van der Waals surface area (Å²) in [7, 11) is -3.62. The van der Waals surface area contributed by atoms with E-state index in [0.717, 1.165) is 13.0 Å². The Bertz CT molecular complexity index is 620. The van der Waals surface area contributed by atoms with Crippen LogP contribution in [0.15, 0.2) is 33.2 Å². The van der Waals surface area contributed by atoms with Crippen molar-refractivity contribution >= 4 is 21.4 Å². The molecule has 0 unspecified atom stereocenters. The number of sulfonamides is 1. The molecule has 0 atom stereocenters. The van der Waals surface area contributed by atoms with Crippen LogP contribution in [0, 0.1) is 0 Å². The van der Waals surface area contributed by atoms with Crippen LogP contribution in [0.3, 0.4) is 0 Å². The predicted molar refractivity (Wildman–Crippen MR) is 76.8 cm³/mol. The van der Waals surface area contributed by atoms with Gasteiger partial charge in [-0.2, -0.15) is 0 Å². The smallest absolute Gasteiger partial charge is 0.274 e. The van der Waals surface area contributed by atoms with Gasteiger partial charge in [-0.1, -0.05) is 6.92 Å². The molecule has 0 saturated carbocycles. The van der Waals surface area contributed by atoms with Crippen LogP contribution in [0.25, 0.3) is 0 Å². The summed E-state index contributed by atoms with van der Waals surface area (Å²) in [6.07, 6.45) is 2.65. The van der Waals surface area contributed by atoms with Gasteiger partial charge in [0, 0.05) is 11.6 Å². The van der Waals surface area contributed by atoms with E-state index in [2.05, 4.69) is 21.9 Å². The lowest BCUT2D eigenvalue weighted by molar-refractivity contribution is 0.400. The van der Waals surface area contributed by atoms with Gasteiger partial charge in [0.2, 0.25) is 5.09 Å². The molecule has 20 heavy (non-hydrogen) atoms. The number of furan rings is 1. The lowest BCUT2D eigenvalue weighted by atomic mass is 10.4. The average Bonchev–Trinajstić information content (AvgIpc) is 3.08. The number of hydrogen-bond acceptors (Lipinski definition) is 6. The van der Waals surface area contributed by atoms with Crippen molar-refractivity contribution in [1.82, 2.24) is 15.0 Å². The molecule has 2 heterocycles. The molecule has 0 aliphatic heterocycles. The van der Waals surface area contributed by atoms with E-state index in [4.69, 9.17) is 4.42 Å². The summed E-state index contributed by atoms with van der Waals surface area (Å²) in [6, 6.07) is 3.13. The molecule has 0 saturated heterocycles. The molecular weight excluding hydrogens is 298 g/mol. The number of thiazole rings is 1. The maximum Gasteiger partial charge on any atom is 0.274 e. The molecule has 8 heteroatoms. The van der Waals surface area contributed by atoms with Crippen LogP contribution in [-0.4, -0.2) is 19.9 Å². The van der Waals surface area contributed by atoms with Gasteiger partial charge in [0.15, 0.2) is 0 Å². The quantitative estimate of drug-likeness (QED) is 0.725. The van der Waals surface area contributed by atoms with Crippen molar-refractivity contribution in [2.24, 2.45) is 0 Å². The minimum atomic E-state index is -3.62. The van der Waals surface area contributed by atoms with E-state index in [1.165, 1.54) is 17.4 Å². The molecule has 0 aliphatic rings. The number of nitrogens with one attached hydrogen (secondary N) is 2. The SMILES string of the molecule is CCCNCc1ccc(S(=O)(=O)NCc2nccs2)o1. The predicted octanol–water partition coefficient (Wildman–Crippen LogP) is 1.71. The molecule has 6 nitrogen and oxygen atoms in total. The summed E-state index contributed by atoms with van der Waals surface area (Å²) < 4.78 is 31.8. The second-order valence-corrected chi connectivity index (χ2v) is 6.82. The molecule has 0 spiro atoms. The van der Waals surface area contributed by atoms with Crippen LogP contribution in [0.4, 0.5) is 0 Å². The summed E-state index contributed by atoms with van der Waals surface area (Å²) in [4.78, 5) is 4.02. The summed E-state index contributed by atoms with van der Waals surface area (Å²) in [6.45, 7) is 3.62. The van der Waals surface area contributed by atoms with Gasteiger partial charge in [-0.3, -0.25) is 0 Å². The number of rotatable bonds is 8. The maximum atomic E-state index is 12.0. The lowest BCUT2D eigenvalue weighted by Crippen LogP contribution is -2.22. The van der Waals surface area contributed by atoms with E-state index in [0.29, 0.717) is 17.3 Å². The highest BCUT2D eigenvalue weighted by molar-refractivity contribution is 7.89. The zero-order chi connectivity index (χ0) is 14.4. The Kier molecular flexibility index (Phi) is 5.30. The van der Waals surface area contributed by atoms with E-state index in [-0.39, 0.29) is 11.6 Å². The lowest BCUT2D eigenvalue weighted by Gasteiger charge is -2.02. The largest absolute Gasteiger partial charge is 0.447 e. The van der Waals surface area contributed by atoms with Gasteiger partial charge in [-0.25, -0.2) is 18.1 Å². The van der Waals surface area contributed by atoms with Crippen LogP contribution in [0.5, 0.6) is 0 Å². The summed E-state index contributed by atoms with van der Waals surface area (Å²) in [5, 5.41) is 5.60. The third-order valence-electron chi connectivity index (χ3n) is 2.52. The monoisotopic (exact) mass is 315 g/mol. The van der Waals surface area contributed by atoms with Gasteiger partial charge in [-0.15, -0.1) is 11.3 Å². The molecule has 2 aromatic heterocycles. The molecule has 2 N–H and O–H groups in total. The Labute approximate surface area is 122 Å². The molecule has 0 fully saturated rings. The van der Waals surface area contributed by atoms with Crippen LogP contribution in [-0.2, 0) is 23.1 Å². The first kappa shape index (κ1) is 15.2. The molecule has 2 rings (SSSR count). The molecule has 0 amide bonds. The molecule has 0 aliphatic carbocycles. The van der Waals surface area contributed by atoms with Crippen molar-refractivity contribution in [1.29, 1.82) is 0 Å². The highest BCUT2D eigenvalue weighted by Gasteiger charge is 2.18. The fourth-order valence-electron chi connectivity index (χ4n) is 1.55. The first-order valence-electron chi connectivity index (χ1n) is 6.29. The normalized spacial score (nSPS) is 11.8. The molecule has 0 aromatic carbocycles. The standard InChI is InChI=1S/C12H17N3O3S2/c1-2-5-13-8-10-3-4-12(18-10)20(16,17)15-9-11-14-6-7-19-11/h3-4,6-7,13,15H,2,5,8-9H2,1H3. The molecule has 0 bridgehead atoms. The molecule has 0 radical (unpaired) electrons. The van der Waals surface area contributed by atoms with Crippen molar-refractivity contribution in [2.45, 2.75) is 31.5 Å². The summed E-state index contributed by atoms with van der Waals surface area (Å²) in [5.74, 6) is 0.605. The van der Waals surface area contributed by atoms with Crippen molar-refractivity contribution < 1.29 is 12.8 Å². The van der Waals surface area contributed by atoms with Gasteiger partial charge in [0.05, 0.1) is 13.1 Å². The minimum Gasteiger partial charge on any atom is -0.447 e. The first-order chi connectivity index (χ1) is 9.62. The van der Waals surface area contributed by atoms with Crippen LogP contribution in [0.2, 0.25) is 0 Å². The first-order valence-corrected chi connectivity index (χ1v) is 8.65. The number of hydrogen-bond donors (Lipinski definition) is 2. The Morgan fingerprint density at radius 1 is 1.35 bits per heavy atom. The highest BCUT2D eigenvalue weighted by atomic mass is 32.2. The molecule has 2 aromatic rings. The van der Waals surface area contributed by atoms with Gasteiger partial charge in [0.25, 0.3) is 10.0 Å². The Balaban J connectivity index is 1.95. The third-order valence-corrected chi connectivity index (χ3v) is 4.58. The second kappa shape index (κ2) is 6.98. The van der Waals surface area contributed by atoms with Crippen molar-refractivity contribution in [2.75, 3.05) is 6.54 Å². The Hall–Kier alpha value is -1.22. The second-order valence-electron chi connectivity index (χ2n) is 4.15. The Morgan fingerprint density at radius 2 is 2.20 bits per heavy atom. The molecular formula is C12H17N3O3S2. The van der Waals surface area contributed by atoms with E-state index >= 15 is 0 Å². The van der Waals surface area contributed by atoms with E-state index in [1.807, 2.05) is 0 Å². The zero-order valence-corrected chi connectivity index (χ0v) is 12.8. The van der Waals surface area contributed by atoms with Gasteiger partial charge in [-0.05, 0) is 25.1 Å². The molecule has 110 valence electrons. The van der Waals surface area contributed by atoms with Gasteiger partial charge < -0.3 is 9.73 Å². The maximum absolute atomic E-state index is 12.0. The van der Waals surface area contributed by atoms with Crippen LogP contribution in [0.1, 0.15) is 24.1 Å². The van der Waals surface area contributed by atoms with Gasteiger partial charge >= 0.3 is 0 Å². The third kappa shape index (κ3) is 4.14. The Morgan fingerprint density at radius 3 is 2.90 bits per heavy atom. The summed E-state index contributed by atoms with van der Waals surface area (Å²) in [5.41, 5.74) is 0. The van der Waals surface area contributed by atoms with Crippen LogP contribution >= 0.6 is 11.3 Å². The number of aromatic nitrogens is 1. The highest BCUT2D eigenvalue weighted by Crippen LogP contribution is 2.14. The van der Waals surface area contributed by atoms with Crippen LogP contribution < -0.4 is 10.0 Å². The van der Waals surface area contributed by atoms with E-state index < -0.39 is 10.0 Å². The average molecular weight is 315 g/mol. The van der Waals surface area contributed by atoms with E-state index in [9.17, 15) is 8.42 Å². The zero-order valence-electron chi connectivity index (χ0n) is 11.1. The minimum absolute atomic E-state index is 0.0673. The fraction of sp³-hybridized carbons (Fsp3) is 0.417. The van der Waals surface area contributed by atoms with Crippen molar-refractivity contribution in [3.05, 3.63) is 34.5 Å².